The van der Waals surface area contributed by atoms with E-state index in [0.29, 0.717) is 0 Å². The Labute approximate surface area is 110 Å². The Balaban J connectivity index is 1.67. The normalized spacial score (nSPS) is 30.6. The molecule has 2 fully saturated rings. The van der Waals surface area contributed by atoms with Gasteiger partial charge in [-0.3, -0.25) is 4.90 Å². The molecule has 1 saturated carbocycles. The lowest BCUT2D eigenvalue weighted by Crippen LogP contribution is -2.33. The second kappa shape index (κ2) is 4.79. The van der Waals surface area contributed by atoms with E-state index in [0.717, 1.165) is 12.0 Å². The standard InChI is InChI=1S/C13H18BrNS/c14-13-6-5-11(16-13)9-15-8-7-10-3-1-2-4-12(10)15/h5-6,10,12H,1-4,7-9H2. The van der Waals surface area contributed by atoms with Crippen LogP contribution in [0.3, 0.4) is 0 Å². The predicted octanol–water partition coefficient (Wildman–Crippen LogP) is 4.28. The summed E-state index contributed by atoms with van der Waals surface area (Å²) in [6.45, 7) is 2.50. The molecule has 88 valence electrons. The molecule has 0 spiro atoms. The molecule has 3 rings (SSSR count). The summed E-state index contributed by atoms with van der Waals surface area (Å²) in [4.78, 5) is 4.24. The van der Waals surface area contributed by atoms with E-state index < -0.39 is 0 Å². The monoisotopic (exact) mass is 299 g/mol. The Morgan fingerprint density at radius 2 is 2.12 bits per heavy atom. The summed E-state index contributed by atoms with van der Waals surface area (Å²) >= 11 is 5.44. The fourth-order valence-electron chi connectivity index (χ4n) is 3.34. The molecule has 1 saturated heterocycles. The minimum atomic E-state index is 0.898. The summed E-state index contributed by atoms with van der Waals surface area (Å²) in [6.07, 6.45) is 7.29. The number of likely N-dealkylation sites (tertiary alicyclic amines) is 1. The van der Waals surface area contributed by atoms with Gasteiger partial charge in [0.25, 0.3) is 0 Å². The lowest BCUT2D eigenvalue weighted by atomic mass is 9.85. The summed E-state index contributed by atoms with van der Waals surface area (Å²) in [5.41, 5.74) is 0. The SMILES string of the molecule is Brc1ccc(CN2CCC3CCCCC32)s1. The minimum absolute atomic E-state index is 0.898. The van der Waals surface area contributed by atoms with Crippen LogP contribution in [0.2, 0.25) is 0 Å². The highest BCUT2D eigenvalue weighted by Crippen LogP contribution is 2.37. The maximum absolute atomic E-state index is 3.55. The molecule has 1 aromatic heterocycles. The van der Waals surface area contributed by atoms with Crippen LogP contribution in [0, 0.1) is 5.92 Å². The summed E-state index contributed by atoms with van der Waals surface area (Å²) < 4.78 is 1.27. The molecule has 3 heteroatoms. The number of halogens is 1. The smallest absolute Gasteiger partial charge is 0.0701 e. The molecule has 1 nitrogen and oxygen atoms in total. The molecule has 0 amide bonds. The van der Waals surface area contributed by atoms with Gasteiger partial charge in [-0.15, -0.1) is 11.3 Å². The van der Waals surface area contributed by atoms with Crippen molar-refractivity contribution in [2.24, 2.45) is 5.92 Å². The van der Waals surface area contributed by atoms with E-state index in [-0.39, 0.29) is 0 Å². The van der Waals surface area contributed by atoms with Gasteiger partial charge in [0, 0.05) is 17.5 Å². The van der Waals surface area contributed by atoms with Crippen LogP contribution in [0.1, 0.15) is 37.0 Å². The second-order valence-corrected chi connectivity index (χ2v) is 7.62. The second-order valence-electron chi connectivity index (χ2n) is 5.08. The zero-order valence-electron chi connectivity index (χ0n) is 9.49. The van der Waals surface area contributed by atoms with Gasteiger partial charge in [-0.05, 0) is 59.8 Å². The van der Waals surface area contributed by atoms with Gasteiger partial charge in [0.05, 0.1) is 3.79 Å². The summed E-state index contributed by atoms with van der Waals surface area (Å²) in [5, 5.41) is 0. The van der Waals surface area contributed by atoms with Crippen LogP contribution < -0.4 is 0 Å². The average molecular weight is 300 g/mol. The van der Waals surface area contributed by atoms with Crippen LogP contribution >= 0.6 is 27.3 Å². The van der Waals surface area contributed by atoms with Crippen molar-refractivity contribution in [2.75, 3.05) is 6.54 Å². The fraction of sp³-hybridized carbons (Fsp3) is 0.692. The van der Waals surface area contributed by atoms with Gasteiger partial charge in [0.15, 0.2) is 0 Å². The van der Waals surface area contributed by atoms with Crippen LogP contribution in [0.4, 0.5) is 0 Å². The molecule has 16 heavy (non-hydrogen) atoms. The zero-order chi connectivity index (χ0) is 11.0. The van der Waals surface area contributed by atoms with Gasteiger partial charge >= 0.3 is 0 Å². The van der Waals surface area contributed by atoms with Crippen LogP contribution in [-0.2, 0) is 6.54 Å². The highest BCUT2D eigenvalue weighted by Gasteiger charge is 2.35. The van der Waals surface area contributed by atoms with Gasteiger partial charge in [-0.2, -0.15) is 0 Å². The van der Waals surface area contributed by atoms with E-state index in [1.165, 1.54) is 53.9 Å². The van der Waals surface area contributed by atoms with Gasteiger partial charge in [0.1, 0.15) is 0 Å². The Kier molecular flexibility index (Phi) is 3.37. The first-order valence-electron chi connectivity index (χ1n) is 6.31. The van der Waals surface area contributed by atoms with Crippen molar-refractivity contribution in [1.29, 1.82) is 0 Å². The van der Waals surface area contributed by atoms with E-state index in [4.69, 9.17) is 0 Å². The third-order valence-corrected chi connectivity index (χ3v) is 5.72. The van der Waals surface area contributed by atoms with E-state index in [1.54, 1.807) is 0 Å². The number of hydrogen-bond donors (Lipinski definition) is 0. The molecule has 2 heterocycles. The maximum Gasteiger partial charge on any atom is 0.0701 e. The molecule has 0 aromatic carbocycles. The third-order valence-electron chi connectivity index (χ3n) is 4.11. The molecule has 1 aliphatic heterocycles. The van der Waals surface area contributed by atoms with Crippen molar-refractivity contribution in [2.45, 2.75) is 44.7 Å². The van der Waals surface area contributed by atoms with Crippen LogP contribution in [-0.4, -0.2) is 17.5 Å². The lowest BCUT2D eigenvalue weighted by molar-refractivity contribution is 0.177. The number of thiophene rings is 1. The maximum atomic E-state index is 3.55. The third kappa shape index (κ3) is 2.22. The quantitative estimate of drug-likeness (QED) is 0.788. The highest BCUT2D eigenvalue weighted by molar-refractivity contribution is 9.11. The van der Waals surface area contributed by atoms with E-state index >= 15 is 0 Å². The van der Waals surface area contributed by atoms with Gasteiger partial charge in [-0.25, -0.2) is 0 Å². The first-order chi connectivity index (χ1) is 7.83. The van der Waals surface area contributed by atoms with Gasteiger partial charge < -0.3 is 0 Å². The summed E-state index contributed by atoms with van der Waals surface area (Å²) in [7, 11) is 0. The molecule has 1 aromatic rings. The fourth-order valence-corrected chi connectivity index (χ4v) is 4.85. The average Bonchev–Trinajstić information content (AvgIpc) is 2.87. The molecular weight excluding hydrogens is 282 g/mol. The Hall–Kier alpha value is 0.140. The highest BCUT2D eigenvalue weighted by atomic mass is 79.9. The van der Waals surface area contributed by atoms with Crippen molar-refractivity contribution >= 4 is 27.3 Å². The Bertz CT molecular complexity index is 363. The summed E-state index contributed by atoms with van der Waals surface area (Å²) in [6, 6.07) is 5.34. The van der Waals surface area contributed by atoms with Crippen LogP contribution in [0.25, 0.3) is 0 Å². The van der Waals surface area contributed by atoms with E-state index in [1.807, 2.05) is 11.3 Å². The van der Waals surface area contributed by atoms with Crippen molar-refractivity contribution in [3.63, 3.8) is 0 Å². The first-order valence-corrected chi connectivity index (χ1v) is 7.92. The van der Waals surface area contributed by atoms with Crippen molar-refractivity contribution < 1.29 is 0 Å². The topological polar surface area (TPSA) is 3.24 Å². The number of hydrogen-bond acceptors (Lipinski definition) is 2. The molecule has 0 N–H and O–H groups in total. The zero-order valence-corrected chi connectivity index (χ0v) is 11.9. The molecule has 2 aliphatic rings. The van der Waals surface area contributed by atoms with Gasteiger partial charge in [0.2, 0.25) is 0 Å². The first kappa shape index (κ1) is 11.2. The van der Waals surface area contributed by atoms with Crippen molar-refractivity contribution in [3.8, 4) is 0 Å². The van der Waals surface area contributed by atoms with E-state index in [2.05, 4.69) is 33.0 Å². The van der Waals surface area contributed by atoms with Gasteiger partial charge in [-0.1, -0.05) is 12.8 Å². The molecule has 1 aliphatic carbocycles. The van der Waals surface area contributed by atoms with E-state index in [9.17, 15) is 0 Å². The lowest BCUT2D eigenvalue weighted by Gasteiger charge is -2.31. The molecule has 2 atom stereocenters. The Morgan fingerprint density at radius 3 is 2.94 bits per heavy atom. The molecule has 0 radical (unpaired) electrons. The van der Waals surface area contributed by atoms with Crippen molar-refractivity contribution in [3.05, 3.63) is 20.8 Å². The molecule has 2 unspecified atom stereocenters. The number of nitrogens with zero attached hydrogens (tertiary/aromatic N) is 1. The molecular formula is C13H18BrNS. The van der Waals surface area contributed by atoms with Crippen LogP contribution in [0.5, 0.6) is 0 Å². The number of fused-ring (bicyclic) bond motifs is 1. The Morgan fingerprint density at radius 1 is 1.25 bits per heavy atom. The van der Waals surface area contributed by atoms with Crippen LogP contribution in [0.15, 0.2) is 15.9 Å². The van der Waals surface area contributed by atoms with Crippen molar-refractivity contribution in [1.82, 2.24) is 4.90 Å². The summed E-state index contributed by atoms with van der Waals surface area (Å²) in [5.74, 6) is 1.01. The minimum Gasteiger partial charge on any atom is -0.295 e. The predicted molar refractivity (Wildman–Crippen MR) is 72.8 cm³/mol. The molecule has 0 bridgehead atoms. The number of rotatable bonds is 2. The largest absolute Gasteiger partial charge is 0.295 e.